The third-order valence-corrected chi connectivity index (χ3v) is 6.18. The van der Waals surface area contributed by atoms with Crippen LogP contribution >= 0.6 is 11.8 Å². The lowest BCUT2D eigenvalue weighted by Crippen LogP contribution is -2.49. The maximum atomic E-state index is 12.6. The summed E-state index contributed by atoms with van der Waals surface area (Å²) in [7, 11) is 0. The van der Waals surface area contributed by atoms with Gasteiger partial charge in [0.15, 0.2) is 0 Å². The van der Waals surface area contributed by atoms with Crippen LogP contribution in [-0.4, -0.2) is 55.2 Å². The Bertz CT molecular complexity index is 590. The first kappa shape index (κ1) is 19.2. The van der Waals surface area contributed by atoms with Crippen molar-refractivity contribution in [3.63, 3.8) is 0 Å². The third-order valence-electron chi connectivity index (χ3n) is 5.15. The van der Waals surface area contributed by atoms with Crippen molar-refractivity contribution in [2.45, 2.75) is 25.0 Å². The van der Waals surface area contributed by atoms with Crippen LogP contribution in [0.15, 0.2) is 30.3 Å². The van der Waals surface area contributed by atoms with Gasteiger partial charge in [-0.2, -0.15) is 11.8 Å². The highest BCUT2D eigenvalue weighted by Crippen LogP contribution is 2.21. The number of rotatable bonds is 7. The lowest BCUT2D eigenvalue weighted by molar-refractivity contribution is -0.136. The average Bonchev–Trinajstić information content (AvgIpc) is 3.23. The minimum Gasteiger partial charge on any atom is -0.355 e. The van der Waals surface area contributed by atoms with E-state index in [0.29, 0.717) is 26.1 Å². The molecule has 0 aliphatic carbocycles. The van der Waals surface area contributed by atoms with Crippen LogP contribution in [0.2, 0.25) is 0 Å². The van der Waals surface area contributed by atoms with Crippen molar-refractivity contribution in [3.8, 4) is 0 Å². The molecule has 2 heterocycles. The van der Waals surface area contributed by atoms with Crippen molar-refractivity contribution in [2.75, 3.05) is 38.5 Å². The van der Waals surface area contributed by atoms with Crippen LogP contribution in [0.5, 0.6) is 0 Å². The first-order valence-corrected chi connectivity index (χ1v) is 10.8. The summed E-state index contributed by atoms with van der Waals surface area (Å²) in [6.07, 6.45) is 2.89. The highest BCUT2D eigenvalue weighted by molar-refractivity contribution is 7.98. The lowest BCUT2D eigenvalue weighted by atomic mass is 9.89. The number of hydrogen-bond acceptors (Lipinski definition) is 4. The highest BCUT2D eigenvalue weighted by Gasteiger charge is 2.33. The molecular weight excluding hydrogens is 346 g/mol. The number of hydrogen-bond donors (Lipinski definition) is 2. The summed E-state index contributed by atoms with van der Waals surface area (Å²) in [4.78, 5) is 27.0. The molecule has 1 aromatic carbocycles. The zero-order valence-electron chi connectivity index (χ0n) is 15.3. The van der Waals surface area contributed by atoms with Crippen LogP contribution in [0.3, 0.4) is 0 Å². The molecule has 6 heteroatoms. The van der Waals surface area contributed by atoms with Gasteiger partial charge in [0.1, 0.15) is 0 Å². The van der Waals surface area contributed by atoms with Gasteiger partial charge >= 0.3 is 0 Å². The second kappa shape index (κ2) is 9.97. The van der Waals surface area contributed by atoms with Gasteiger partial charge in [-0.3, -0.25) is 9.59 Å². The number of piperidine rings is 1. The molecule has 0 radical (unpaired) electrons. The van der Waals surface area contributed by atoms with Crippen LogP contribution in [-0.2, 0) is 15.3 Å². The van der Waals surface area contributed by atoms with E-state index in [4.69, 9.17) is 0 Å². The molecule has 2 atom stereocenters. The van der Waals surface area contributed by atoms with Gasteiger partial charge in [0.05, 0.1) is 11.8 Å². The number of benzene rings is 1. The highest BCUT2D eigenvalue weighted by atomic mass is 32.2. The molecule has 5 nitrogen and oxygen atoms in total. The summed E-state index contributed by atoms with van der Waals surface area (Å²) in [5.41, 5.74) is 1.31. The van der Waals surface area contributed by atoms with E-state index in [2.05, 4.69) is 22.8 Å². The molecule has 26 heavy (non-hydrogen) atoms. The van der Waals surface area contributed by atoms with Crippen LogP contribution in [0.4, 0.5) is 0 Å². The summed E-state index contributed by atoms with van der Waals surface area (Å²) in [5.74, 6) is 2.03. The van der Waals surface area contributed by atoms with Gasteiger partial charge in [0.25, 0.3) is 0 Å². The fourth-order valence-corrected chi connectivity index (χ4v) is 4.50. The van der Waals surface area contributed by atoms with Gasteiger partial charge in [-0.15, -0.1) is 0 Å². The van der Waals surface area contributed by atoms with Crippen LogP contribution in [0.1, 0.15) is 24.8 Å². The molecule has 0 unspecified atom stereocenters. The quantitative estimate of drug-likeness (QED) is 0.715. The SMILES string of the molecule is O=C(NCCSCc1ccccc1)[C@@H]1CNC[C@@H](C(=O)N2CCCC2)C1. The number of nitrogens with zero attached hydrogens (tertiary/aromatic N) is 1. The molecule has 2 fully saturated rings. The molecule has 2 aliphatic rings. The number of thioether (sulfide) groups is 1. The summed E-state index contributed by atoms with van der Waals surface area (Å²) >= 11 is 1.83. The average molecular weight is 376 g/mol. The molecule has 3 rings (SSSR count). The lowest BCUT2D eigenvalue weighted by Gasteiger charge is -2.31. The monoisotopic (exact) mass is 375 g/mol. The standard InChI is InChI=1S/C20H29N3O2S/c24-19(22-8-11-26-15-16-6-2-1-3-7-16)17-12-18(14-21-13-17)20(25)23-9-4-5-10-23/h1-3,6-7,17-18,21H,4-5,8-15H2,(H,22,24)/t17-,18-/m0/s1. The number of likely N-dealkylation sites (tertiary alicyclic amines) is 1. The zero-order valence-corrected chi connectivity index (χ0v) is 16.1. The minimum atomic E-state index is -0.0978. The Morgan fingerprint density at radius 3 is 2.62 bits per heavy atom. The van der Waals surface area contributed by atoms with Gasteiger partial charge in [-0.1, -0.05) is 30.3 Å². The Morgan fingerprint density at radius 2 is 1.85 bits per heavy atom. The predicted molar refractivity (Wildman–Crippen MR) is 106 cm³/mol. The van der Waals surface area contributed by atoms with Crippen LogP contribution in [0.25, 0.3) is 0 Å². The van der Waals surface area contributed by atoms with E-state index in [1.54, 1.807) is 0 Å². The topological polar surface area (TPSA) is 61.4 Å². The van der Waals surface area contributed by atoms with Crippen LogP contribution < -0.4 is 10.6 Å². The normalized spacial score (nSPS) is 23.0. The molecule has 2 aliphatic heterocycles. The first-order valence-electron chi connectivity index (χ1n) is 9.63. The molecule has 142 valence electrons. The third kappa shape index (κ3) is 5.48. The van der Waals surface area contributed by atoms with Gasteiger partial charge in [0, 0.05) is 44.2 Å². The molecule has 2 N–H and O–H groups in total. The maximum absolute atomic E-state index is 12.6. The van der Waals surface area contributed by atoms with E-state index in [-0.39, 0.29) is 23.7 Å². The smallest absolute Gasteiger partial charge is 0.226 e. The number of amides is 2. The summed E-state index contributed by atoms with van der Waals surface area (Å²) in [6, 6.07) is 10.4. The molecule has 0 saturated carbocycles. The Balaban J connectivity index is 1.35. The van der Waals surface area contributed by atoms with Crippen molar-refractivity contribution >= 4 is 23.6 Å². The van der Waals surface area contributed by atoms with Crippen molar-refractivity contribution in [1.82, 2.24) is 15.5 Å². The molecule has 2 amide bonds. The molecular formula is C20H29N3O2S. The molecule has 0 spiro atoms. The van der Waals surface area contributed by atoms with E-state index in [1.165, 1.54) is 5.56 Å². The van der Waals surface area contributed by atoms with Gasteiger partial charge < -0.3 is 15.5 Å². The van der Waals surface area contributed by atoms with E-state index in [1.807, 2.05) is 34.9 Å². The maximum Gasteiger partial charge on any atom is 0.226 e. The summed E-state index contributed by atoms with van der Waals surface area (Å²) in [5, 5.41) is 6.32. The van der Waals surface area contributed by atoms with Crippen molar-refractivity contribution < 1.29 is 9.59 Å². The Hall–Kier alpha value is -1.53. The van der Waals surface area contributed by atoms with Crippen LogP contribution in [0, 0.1) is 11.8 Å². The Morgan fingerprint density at radius 1 is 1.12 bits per heavy atom. The fraction of sp³-hybridized carbons (Fsp3) is 0.600. The predicted octanol–water partition coefficient (Wildman–Crippen LogP) is 1.88. The Labute approximate surface area is 160 Å². The summed E-state index contributed by atoms with van der Waals surface area (Å²) < 4.78 is 0. The molecule has 1 aromatic rings. The zero-order chi connectivity index (χ0) is 18.2. The van der Waals surface area contributed by atoms with Gasteiger partial charge in [-0.25, -0.2) is 0 Å². The number of carbonyl (C=O) groups is 2. The van der Waals surface area contributed by atoms with E-state index >= 15 is 0 Å². The Kier molecular flexibility index (Phi) is 7.38. The van der Waals surface area contributed by atoms with E-state index in [9.17, 15) is 9.59 Å². The number of nitrogens with one attached hydrogen (secondary N) is 2. The minimum absolute atomic E-state index is 0.0509. The molecule has 2 saturated heterocycles. The summed E-state index contributed by atoms with van der Waals surface area (Å²) in [6.45, 7) is 3.81. The van der Waals surface area contributed by atoms with E-state index < -0.39 is 0 Å². The van der Waals surface area contributed by atoms with Crippen molar-refractivity contribution in [2.24, 2.45) is 11.8 Å². The van der Waals surface area contributed by atoms with Crippen molar-refractivity contribution in [1.29, 1.82) is 0 Å². The van der Waals surface area contributed by atoms with Crippen molar-refractivity contribution in [3.05, 3.63) is 35.9 Å². The van der Waals surface area contributed by atoms with Gasteiger partial charge in [-0.05, 0) is 24.8 Å². The van der Waals surface area contributed by atoms with Gasteiger partial charge in [0.2, 0.25) is 11.8 Å². The second-order valence-corrected chi connectivity index (χ2v) is 8.25. The molecule has 0 bridgehead atoms. The first-order chi connectivity index (χ1) is 12.7. The van der Waals surface area contributed by atoms with E-state index in [0.717, 1.165) is 37.4 Å². The molecule has 0 aromatic heterocycles. The largest absolute Gasteiger partial charge is 0.355 e. The fourth-order valence-electron chi connectivity index (χ4n) is 3.68. The number of carbonyl (C=O) groups excluding carboxylic acids is 2. The second-order valence-electron chi connectivity index (χ2n) is 7.15.